The number of benzene rings is 2. The van der Waals surface area contributed by atoms with E-state index in [-0.39, 0.29) is 28.5 Å². The van der Waals surface area contributed by atoms with Crippen molar-refractivity contribution in [2.24, 2.45) is 17.0 Å². The van der Waals surface area contributed by atoms with Gasteiger partial charge in [0.15, 0.2) is 5.82 Å². The topological polar surface area (TPSA) is 171 Å². The van der Waals surface area contributed by atoms with E-state index in [0.717, 1.165) is 22.4 Å². The monoisotopic (exact) mass is 602 g/mol. The Morgan fingerprint density at radius 3 is 2.40 bits per heavy atom. The lowest BCUT2D eigenvalue weighted by atomic mass is 10.1. The smallest absolute Gasteiger partial charge is 0.323 e. The molecule has 0 radical (unpaired) electrons. The van der Waals surface area contributed by atoms with Gasteiger partial charge in [0.25, 0.3) is 5.91 Å². The maximum atomic E-state index is 15.3. The average Bonchev–Trinajstić information content (AvgIpc) is 3.40. The van der Waals surface area contributed by atoms with Crippen molar-refractivity contribution in [3.05, 3.63) is 74.1 Å². The van der Waals surface area contributed by atoms with Gasteiger partial charge in [-0.2, -0.15) is 4.72 Å². The van der Waals surface area contributed by atoms with Crippen molar-refractivity contribution < 1.29 is 31.9 Å². The normalized spacial score (nSPS) is 13.7. The van der Waals surface area contributed by atoms with E-state index in [4.69, 9.17) is 0 Å². The first kappa shape index (κ1) is 30.5. The highest BCUT2D eigenvalue weighted by Crippen LogP contribution is 2.23. The molecule has 3 aromatic rings. The average molecular weight is 603 g/mol. The van der Waals surface area contributed by atoms with Gasteiger partial charge in [-0.1, -0.05) is 17.7 Å². The van der Waals surface area contributed by atoms with Crippen LogP contribution >= 0.6 is 0 Å². The number of carbonyl (C=O) groups is 2. The van der Waals surface area contributed by atoms with Crippen LogP contribution in [-0.2, 0) is 28.4 Å². The molecule has 1 aliphatic heterocycles. The van der Waals surface area contributed by atoms with Crippen molar-refractivity contribution >= 4 is 45.0 Å². The zero-order valence-electron chi connectivity index (χ0n) is 23.1. The molecule has 0 saturated carbocycles. The molecule has 1 unspecified atom stereocenters. The van der Waals surface area contributed by atoms with Gasteiger partial charge < -0.3 is 20.3 Å². The van der Waals surface area contributed by atoms with E-state index in [1.165, 1.54) is 13.3 Å². The van der Waals surface area contributed by atoms with Crippen LogP contribution in [-0.4, -0.2) is 61.3 Å². The van der Waals surface area contributed by atoms with Crippen LogP contribution in [0, 0.1) is 32.4 Å². The molecule has 2 aromatic carbocycles. The lowest BCUT2D eigenvalue weighted by Crippen LogP contribution is -2.49. The summed E-state index contributed by atoms with van der Waals surface area (Å²) in [7, 11) is -2.96. The van der Waals surface area contributed by atoms with E-state index >= 15 is 4.39 Å². The number of aliphatic carboxylic acids is 1. The van der Waals surface area contributed by atoms with E-state index in [1.54, 1.807) is 32.9 Å². The van der Waals surface area contributed by atoms with E-state index < -0.39 is 62.5 Å². The van der Waals surface area contributed by atoms with Gasteiger partial charge in [0.05, 0.1) is 22.3 Å². The molecule has 4 N–H and O–H groups in total. The fourth-order valence-electron chi connectivity index (χ4n) is 4.82. The van der Waals surface area contributed by atoms with E-state index in [2.05, 4.69) is 25.3 Å². The number of aliphatic imine (C=N–C) groups is 2. The number of nitrogens with one attached hydrogen (secondary N) is 3. The number of hydrogen-bond acceptors (Lipinski definition) is 8. The standard InChI is InChI=1S/C27H28F2N6O6S/c1-13-7-14(2)24(15(3)8-13)42(40,41)34-20(26(38)39)11-32-25(37)18-12-35(4)22-16(23(18)36)9-19(28)17(21(22)29)10-33-27-30-5-6-31-27/h5,7-9,12,20,34H,6,10-11H2,1-4H3,(H,31,33)(H,32,37)(H,38,39). The zero-order chi connectivity index (χ0) is 30.9. The number of carbonyl (C=O) groups excluding carboxylic acids is 1. The number of hydrogen-bond donors (Lipinski definition) is 4. The van der Waals surface area contributed by atoms with E-state index in [9.17, 15) is 32.3 Å². The molecule has 1 aromatic heterocycles. The van der Waals surface area contributed by atoms with Crippen LogP contribution in [0.2, 0.25) is 0 Å². The third-order valence-corrected chi connectivity index (χ3v) is 8.37. The summed E-state index contributed by atoms with van der Waals surface area (Å²) in [6, 6.07) is 2.30. The first-order chi connectivity index (χ1) is 19.7. The number of amides is 1. The summed E-state index contributed by atoms with van der Waals surface area (Å²) in [5.41, 5.74) is -0.507. The van der Waals surface area contributed by atoms with Gasteiger partial charge in [0, 0.05) is 38.1 Å². The number of carboxylic acid groups (broad SMARTS) is 1. The Hall–Kier alpha value is -4.50. The molecule has 15 heteroatoms. The Morgan fingerprint density at radius 2 is 1.81 bits per heavy atom. The largest absolute Gasteiger partial charge is 0.480 e. The minimum atomic E-state index is -4.31. The number of nitrogens with zero attached hydrogens (tertiary/aromatic N) is 3. The van der Waals surface area contributed by atoms with Crippen molar-refractivity contribution in [3.8, 4) is 0 Å². The quantitative estimate of drug-likeness (QED) is 0.287. The predicted molar refractivity (Wildman–Crippen MR) is 151 cm³/mol. The Kier molecular flexibility index (Phi) is 8.54. The van der Waals surface area contributed by atoms with Crippen molar-refractivity contribution in [3.63, 3.8) is 0 Å². The lowest BCUT2D eigenvalue weighted by molar-refractivity contribution is -0.138. The SMILES string of the molecule is Cc1cc(C)c(S(=O)(=O)NC(CNC(=O)c2cn(C)c3c(F)c(CNC4=NCC=N4)c(F)cc3c2=O)C(=O)O)c(C)c1. The first-order valence-corrected chi connectivity index (χ1v) is 14.1. The molecule has 1 atom stereocenters. The molecule has 0 saturated heterocycles. The number of fused-ring (bicyclic) bond motifs is 1. The second-order valence-electron chi connectivity index (χ2n) is 9.81. The summed E-state index contributed by atoms with van der Waals surface area (Å²) in [5, 5.41) is 14.2. The molecule has 0 fully saturated rings. The summed E-state index contributed by atoms with van der Waals surface area (Å²) in [6.07, 6.45) is 2.55. The summed E-state index contributed by atoms with van der Waals surface area (Å²) >= 11 is 0. The molecule has 42 heavy (non-hydrogen) atoms. The summed E-state index contributed by atoms with van der Waals surface area (Å²) in [5.74, 6) is -4.48. The van der Waals surface area contributed by atoms with Crippen LogP contribution in [0.15, 0.2) is 44.1 Å². The molecular weight excluding hydrogens is 574 g/mol. The zero-order valence-corrected chi connectivity index (χ0v) is 23.9. The highest BCUT2D eigenvalue weighted by atomic mass is 32.2. The van der Waals surface area contributed by atoms with Gasteiger partial charge >= 0.3 is 5.97 Å². The number of aromatic nitrogens is 1. The Labute approximate surface area is 239 Å². The number of rotatable bonds is 9. The maximum Gasteiger partial charge on any atom is 0.323 e. The van der Waals surface area contributed by atoms with E-state index in [0.29, 0.717) is 17.7 Å². The van der Waals surface area contributed by atoms with Gasteiger partial charge in [0.2, 0.25) is 21.4 Å². The van der Waals surface area contributed by atoms with Crippen LogP contribution in [0.5, 0.6) is 0 Å². The molecular formula is C27H28F2N6O6S. The summed E-state index contributed by atoms with van der Waals surface area (Å²) in [4.78, 5) is 45.7. The first-order valence-electron chi connectivity index (χ1n) is 12.6. The number of carboxylic acids is 1. The highest BCUT2D eigenvalue weighted by Gasteiger charge is 2.29. The fraction of sp³-hybridized carbons (Fsp3) is 0.296. The summed E-state index contributed by atoms with van der Waals surface area (Å²) in [6.45, 7) is 4.26. The Balaban J connectivity index is 1.58. The van der Waals surface area contributed by atoms with Gasteiger partial charge in [-0.05, 0) is 38.0 Å². The number of aryl methyl sites for hydroxylation is 4. The number of pyridine rings is 1. The van der Waals surface area contributed by atoms with Gasteiger partial charge in [-0.15, -0.1) is 0 Å². The molecule has 0 aliphatic carbocycles. The van der Waals surface area contributed by atoms with Crippen LogP contribution in [0.3, 0.4) is 0 Å². The van der Waals surface area contributed by atoms with E-state index in [1.807, 2.05) is 0 Å². The Bertz CT molecular complexity index is 1830. The minimum absolute atomic E-state index is 0.0864. The van der Waals surface area contributed by atoms with Crippen LogP contribution in [0.4, 0.5) is 8.78 Å². The van der Waals surface area contributed by atoms with Crippen molar-refractivity contribution in [2.45, 2.75) is 38.3 Å². The minimum Gasteiger partial charge on any atom is -0.480 e. The molecule has 1 amide bonds. The van der Waals surface area contributed by atoms with Gasteiger partial charge in [0.1, 0.15) is 17.4 Å². The van der Waals surface area contributed by atoms with Gasteiger partial charge in [-0.25, -0.2) is 27.2 Å². The number of sulfonamides is 1. The Morgan fingerprint density at radius 1 is 1.14 bits per heavy atom. The molecule has 4 rings (SSSR count). The molecule has 1 aliphatic rings. The van der Waals surface area contributed by atoms with Crippen LogP contribution in [0.1, 0.15) is 32.6 Å². The molecule has 0 spiro atoms. The molecule has 222 valence electrons. The highest BCUT2D eigenvalue weighted by molar-refractivity contribution is 7.89. The second kappa shape index (κ2) is 11.8. The van der Waals surface area contributed by atoms with Crippen LogP contribution < -0.4 is 20.8 Å². The third kappa shape index (κ3) is 6.06. The second-order valence-corrected chi connectivity index (χ2v) is 11.5. The predicted octanol–water partition coefficient (Wildman–Crippen LogP) is 1.43. The van der Waals surface area contributed by atoms with Crippen molar-refractivity contribution in [1.82, 2.24) is 19.9 Å². The third-order valence-electron chi connectivity index (χ3n) is 6.59. The molecule has 0 bridgehead atoms. The maximum absolute atomic E-state index is 15.3. The molecule has 2 heterocycles. The van der Waals surface area contributed by atoms with Crippen molar-refractivity contribution in [1.29, 1.82) is 0 Å². The fourth-order valence-corrected chi connectivity index (χ4v) is 6.46. The summed E-state index contributed by atoms with van der Waals surface area (Å²) < 4.78 is 59.5. The van der Waals surface area contributed by atoms with Crippen molar-refractivity contribution in [2.75, 3.05) is 13.1 Å². The number of halogens is 2. The number of guanidine groups is 1. The molecule has 12 nitrogen and oxygen atoms in total. The van der Waals surface area contributed by atoms with Gasteiger partial charge in [-0.3, -0.25) is 14.4 Å². The lowest BCUT2D eigenvalue weighted by Gasteiger charge is -2.18. The van der Waals surface area contributed by atoms with Crippen LogP contribution in [0.25, 0.3) is 10.9 Å².